The van der Waals surface area contributed by atoms with Crippen molar-refractivity contribution in [3.8, 4) is 11.8 Å². The van der Waals surface area contributed by atoms with Gasteiger partial charge in [-0.05, 0) is 18.6 Å². The van der Waals surface area contributed by atoms with Gasteiger partial charge < -0.3 is 15.7 Å². The fraction of sp³-hybridized carbons (Fsp3) is 0.438. The van der Waals surface area contributed by atoms with Gasteiger partial charge in [0.15, 0.2) is 0 Å². The molecule has 108 valence electrons. The van der Waals surface area contributed by atoms with E-state index in [0.29, 0.717) is 24.2 Å². The molecule has 0 aliphatic rings. The van der Waals surface area contributed by atoms with Gasteiger partial charge >= 0.3 is 0 Å². The highest BCUT2D eigenvalue weighted by molar-refractivity contribution is 5.96. The molecule has 0 saturated carbocycles. The van der Waals surface area contributed by atoms with Gasteiger partial charge in [0.25, 0.3) is 5.91 Å². The van der Waals surface area contributed by atoms with Crippen LogP contribution in [0, 0.1) is 11.8 Å². The highest BCUT2D eigenvalue weighted by atomic mass is 16.3. The summed E-state index contributed by atoms with van der Waals surface area (Å²) in [6, 6.07) is 7.24. The van der Waals surface area contributed by atoms with Gasteiger partial charge in [0, 0.05) is 18.7 Å². The van der Waals surface area contributed by atoms with Crippen LogP contribution < -0.4 is 5.73 Å². The van der Waals surface area contributed by atoms with E-state index in [1.807, 2.05) is 18.2 Å². The third-order valence-corrected chi connectivity index (χ3v) is 2.92. The fourth-order valence-electron chi connectivity index (χ4n) is 1.88. The van der Waals surface area contributed by atoms with E-state index in [9.17, 15) is 4.79 Å². The molecule has 20 heavy (non-hydrogen) atoms. The summed E-state index contributed by atoms with van der Waals surface area (Å²) < 4.78 is 0. The molecule has 0 unspecified atom stereocenters. The number of aliphatic hydroxyl groups excluding tert-OH is 1. The summed E-state index contributed by atoms with van der Waals surface area (Å²) in [6.07, 6.45) is 1.92. The topological polar surface area (TPSA) is 66.6 Å². The molecule has 1 amide bonds. The van der Waals surface area contributed by atoms with Crippen LogP contribution in [0.3, 0.4) is 0 Å². The van der Waals surface area contributed by atoms with E-state index >= 15 is 0 Å². The number of nitrogens with two attached hydrogens (primary N) is 1. The Morgan fingerprint density at radius 2 is 2.10 bits per heavy atom. The molecule has 0 bridgehead atoms. The fourth-order valence-corrected chi connectivity index (χ4v) is 1.88. The Balaban J connectivity index is 2.98. The Labute approximate surface area is 120 Å². The molecule has 4 heteroatoms. The number of amides is 1. The summed E-state index contributed by atoms with van der Waals surface area (Å²) in [6.45, 7) is 3.29. The molecule has 0 aromatic heterocycles. The number of nitrogens with zero attached hydrogens (tertiary/aromatic N) is 1. The van der Waals surface area contributed by atoms with Crippen LogP contribution in [0.25, 0.3) is 0 Å². The summed E-state index contributed by atoms with van der Waals surface area (Å²) in [5, 5.41) is 9.10. The summed E-state index contributed by atoms with van der Waals surface area (Å²) >= 11 is 0. The second-order valence-electron chi connectivity index (χ2n) is 4.42. The van der Waals surface area contributed by atoms with Crippen LogP contribution in [-0.4, -0.2) is 42.2 Å². The molecule has 0 radical (unpaired) electrons. The maximum atomic E-state index is 12.5. The van der Waals surface area contributed by atoms with Crippen LogP contribution in [0.4, 0.5) is 0 Å². The number of benzene rings is 1. The van der Waals surface area contributed by atoms with Gasteiger partial charge in [-0.2, -0.15) is 0 Å². The lowest BCUT2D eigenvalue weighted by atomic mass is 10.1. The zero-order chi connectivity index (χ0) is 14.8. The smallest absolute Gasteiger partial charge is 0.255 e. The maximum absolute atomic E-state index is 12.5. The van der Waals surface area contributed by atoms with Crippen molar-refractivity contribution in [1.82, 2.24) is 4.90 Å². The predicted octanol–water partition coefficient (Wildman–Crippen LogP) is 1.23. The minimum atomic E-state index is -0.0885. The lowest BCUT2D eigenvalue weighted by Crippen LogP contribution is -2.34. The normalized spacial score (nSPS) is 9.75. The summed E-state index contributed by atoms with van der Waals surface area (Å²) in [5.41, 5.74) is 6.62. The third kappa shape index (κ3) is 4.69. The van der Waals surface area contributed by atoms with Crippen LogP contribution in [0.2, 0.25) is 0 Å². The van der Waals surface area contributed by atoms with Crippen LogP contribution >= 0.6 is 0 Å². The van der Waals surface area contributed by atoms with Gasteiger partial charge in [-0.1, -0.05) is 37.3 Å². The van der Waals surface area contributed by atoms with Crippen LogP contribution in [0.15, 0.2) is 24.3 Å². The van der Waals surface area contributed by atoms with E-state index in [-0.39, 0.29) is 19.1 Å². The number of carbonyl (C=O) groups excluding carboxylic acids is 1. The van der Waals surface area contributed by atoms with Gasteiger partial charge in [-0.3, -0.25) is 4.79 Å². The van der Waals surface area contributed by atoms with Crippen molar-refractivity contribution in [2.75, 3.05) is 26.2 Å². The first-order chi connectivity index (χ1) is 9.74. The van der Waals surface area contributed by atoms with E-state index in [2.05, 4.69) is 18.8 Å². The number of carbonyl (C=O) groups is 1. The first-order valence-corrected chi connectivity index (χ1v) is 6.92. The summed E-state index contributed by atoms with van der Waals surface area (Å²) in [4.78, 5) is 14.2. The number of hydrogen-bond acceptors (Lipinski definition) is 3. The molecule has 1 aromatic rings. The Morgan fingerprint density at radius 1 is 1.35 bits per heavy atom. The largest absolute Gasteiger partial charge is 0.395 e. The molecule has 0 spiro atoms. The number of hydrogen-bond donors (Lipinski definition) is 2. The maximum Gasteiger partial charge on any atom is 0.255 e. The van der Waals surface area contributed by atoms with Crippen molar-refractivity contribution in [2.45, 2.75) is 19.8 Å². The van der Waals surface area contributed by atoms with Crippen molar-refractivity contribution in [1.29, 1.82) is 0 Å². The molecule has 0 aliphatic carbocycles. The van der Waals surface area contributed by atoms with Gasteiger partial charge in [0.1, 0.15) is 0 Å². The molecular weight excluding hydrogens is 252 g/mol. The minimum absolute atomic E-state index is 0.0356. The minimum Gasteiger partial charge on any atom is -0.395 e. The molecule has 3 N–H and O–H groups in total. The first-order valence-electron chi connectivity index (χ1n) is 6.92. The first kappa shape index (κ1) is 16.2. The average Bonchev–Trinajstić information content (AvgIpc) is 2.49. The van der Waals surface area contributed by atoms with E-state index in [0.717, 1.165) is 12.8 Å². The Hall–Kier alpha value is -1.83. The molecule has 0 heterocycles. The Bertz CT molecular complexity index is 489. The van der Waals surface area contributed by atoms with Crippen LogP contribution in [0.5, 0.6) is 0 Å². The highest BCUT2D eigenvalue weighted by Crippen LogP contribution is 2.11. The van der Waals surface area contributed by atoms with E-state index in [1.54, 1.807) is 11.0 Å². The van der Waals surface area contributed by atoms with Gasteiger partial charge in [-0.15, -0.1) is 0 Å². The van der Waals surface area contributed by atoms with Crippen LogP contribution in [-0.2, 0) is 0 Å². The average molecular weight is 274 g/mol. The lowest BCUT2D eigenvalue weighted by Gasteiger charge is -2.22. The molecule has 4 nitrogen and oxygen atoms in total. The zero-order valence-electron chi connectivity index (χ0n) is 11.9. The highest BCUT2D eigenvalue weighted by Gasteiger charge is 2.17. The molecule has 0 aliphatic heterocycles. The Morgan fingerprint density at radius 3 is 2.75 bits per heavy atom. The van der Waals surface area contributed by atoms with Crippen molar-refractivity contribution in [3.05, 3.63) is 35.4 Å². The monoisotopic (exact) mass is 274 g/mol. The SMILES string of the molecule is CCCCN(CCO)C(=O)c1ccccc1C#CCN. The van der Waals surface area contributed by atoms with Gasteiger partial charge in [-0.25, -0.2) is 0 Å². The van der Waals surface area contributed by atoms with E-state index in [1.165, 1.54) is 0 Å². The molecule has 1 rings (SSSR count). The molecule has 0 saturated heterocycles. The van der Waals surface area contributed by atoms with E-state index < -0.39 is 0 Å². The van der Waals surface area contributed by atoms with Crippen molar-refractivity contribution in [2.24, 2.45) is 5.73 Å². The summed E-state index contributed by atoms with van der Waals surface area (Å²) in [7, 11) is 0. The van der Waals surface area contributed by atoms with Crippen LogP contribution in [0.1, 0.15) is 35.7 Å². The second-order valence-corrected chi connectivity index (χ2v) is 4.42. The van der Waals surface area contributed by atoms with Gasteiger partial charge in [0.2, 0.25) is 0 Å². The standard InChI is InChI=1S/C16H22N2O2/c1-2-3-11-18(12-13-19)16(20)15-9-5-4-7-14(15)8-6-10-17/h4-5,7,9,19H,2-3,10-13,17H2,1H3. The molecular formula is C16H22N2O2. The third-order valence-electron chi connectivity index (χ3n) is 2.92. The van der Waals surface area contributed by atoms with Gasteiger partial charge in [0.05, 0.1) is 18.7 Å². The quantitative estimate of drug-likeness (QED) is 0.767. The lowest BCUT2D eigenvalue weighted by molar-refractivity contribution is 0.0719. The van der Waals surface area contributed by atoms with Crippen molar-refractivity contribution < 1.29 is 9.90 Å². The molecule has 0 fully saturated rings. The van der Waals surface area contributed by atoms with Crippen molar-refractivity contribution in [3.63, 3.8) is 0 Å². The zero-order valence-corrected chi connectivity index (χ0v) is 11.9. The number of aliphatic hydroxyl groups is 1. The molecule has 1 aromatic carbocycles. The van der Waals surface area contributed by atoms with E-state index in [4.69, 9.17) is 10.8 Å². The van der Waals surface area contributed by atoms with Crippen molar-refractivity contribution >= 4 is 5.91 Å². The second kappa shape index (κ2) is 9.13. The Kier molecular flexibility index (Phi) is 7.41. The summed E-state index contributed by atoms with van der Waals surface area (Å²) in [5.74, 6) is 5.60. The molecule has 0 atom stereocenters. The number of unbranched alkanes of at least 4 members (excludes halogenated alkanes) is 1. The number of rotatable bonds is 6. The predicted molar refractivity (Wildman–Crippen MR) is 80.3 cm³/mol.